The fraction of sp³-hybridized carbons (Fsp3) is 0.385. The molecule has 0 saturated heterocycles. The molecule has 3 N–H and O–H groups in total. The van der Waals surface area contributed by atoms with Gasteiger partial charge in [-0.25, -0.2) is 4.79 Å². The Balaban J connectivity index is 2.51. The summed E-state index contributed by atoms with van der Waals surface area (Å²) in [6.07, 6.45) is 0.560. The number of aliphatic carboxylic acids is 1. The summed E-state index contributed by atoms with van der Waals surface area (Å²) in [5.41, 5.74) is 6.79. The molecule has 20 heavy (non-hydrogen) atoms. The fourth-order valence-corrected chi connectivity index (χ4v) is 2.69. The van der Waals surface area contributed by atoms with Gasteiger partial charge in [0.1, 0.15) is 6.04 Å². The van der Waals surface area contributed by atoms with Crippen LogP contribution in [-0.2, 0) is 16.0 Å². The van der Waals surface area contributed by atoms with Crippen LogP contribution in [0.25, 0.3) is 0 Å². The summed E-state index contributed by atoms with van der Waals surface area (Å²) in [6, 6.07) is 1.42. The molecule has 1 aromatic carbocycles. The van der Waals surface area contributed by atoms with Gasteiger partial charge in [0.05, 0.1) is 16.1 Å². The highest BCUT2D eigenvalue weighted by molar-refractivity contribution is 6.43. The van der Waals surface area contributed by atoms with Crippen molar-refractivity contribution in [2.24, 2.45) is 5.73 Å². The predicted octanol–water partition coefficient (Wildman–Crippen LogP) is 2.07. The Morgan fingerprint density at radius 1 is 1.50 bits per heavy atom. The minimum absolute atomic E-state index is 0.131. The molecule has 0 aliphatic carbocycles. The van der Waals surface area contributed by atoms with Crippen LogP contribution >= 0.6 is 23.2 Å². The topological polar surface area (TPSA) is 83.6 Å². The molecule has 7 heteroatoms. The van der Waals surface area contributed by atoms with E-state index in [0.29, 0.717) is 22.7 Å². The van der Waals surface area contributed by atoms with Gasteiger partial charge in [-0.3, -0.25) is 9.69 Å². The van der Waals surface area contributed by atoms with Gasteiger partial charge < -0.3 is 10.8 Å². The Bertz CT molecular complexity index is 577. The number of rotatable bonds is 3. The second kappa shape index (κ2) is 5.60. The molecule has 0 bridgehead atoms. The summed E-state index contributed by atoms with van der Waals surface area (Å²) >= 11 is 12.0. The van der Waals surface area contributed by atoms with Crippen molar-refractivity contribution in [3.8, 4) is 0 Å². The standard InChI is InChI=1S/C13H14Cl2N2O3/c1-2-8(16)12(18)17-9-4-3-7(14)11(15)6(9)5-10(17)13(19)20/h3-4,8,10H,2,5,16H2,1H3,(H,19,20)/t8-,10?/m0/s1. The summed E-state index contributed by atoms with van der Waals surface area (Å²) in [5, 5.41) is 9.93. The van der Waals surface area contributed by atoms with Crippen LogP contribution in [0.3, 0.4) is 0 Å². The predicted molar refractivity (Wildman–Crippen MR) is 77.3 cm³/mol. The monoisotopic (exact) mass is 316 g/mol. The Kier molecular flexibility index (Phi) is 4.22. The summed E-state index contributed by atoms with van der Waals surface area (Å²) in [7, 11) is 0. The number of halogens is 2. The number of carboxylic acids is 1. The van der Waals surface area contributed by atoms with Gasteiger partial charge in [0.2, 0.25) is 5.91 Å². The molecule has 1 aromatic rings. The van der Waals surface area contributed by atoms with Crippen LogP contribution in [0.1, 0.15) is 18.9 Å². The number of benzene rings is 1. The first-order chi connectivity index (χ1) is 9.38. The molecule has 2 atom stereocenters. The zero-order valence-electron chi connectivity index (χ0n) is 10.8. The Morgan fingerprint density at radius 2 is 2.15 bits per heavy atom. The SMILES string of the molecule is CC[C@H](N)C(=O)N1c2ccc(Cl)c(Cl)c2CC1C(=O)O. The fourth-order valence-electron chi connectivity index (χ4n) is 2.28. The lowest BCUT2D eigenvalue weighted by atomic mass is 10.1. The number of fused-ring (bicyclic) bond motifs is 1. The minimum atomic E-state index is -1.09. The largest absolute Gasteiger partial charge is 0.480 e. The molecule has 1 aliphatic heterocycles. The van der Waals surface area contributed by atoms with Crippen molar-refractivity contribution in [2.75, 3.05) is 4.90 Å². The third-order valence-corrected chi connectivity index (χ3v) is 4.26. The molecule has 0 spiro atoms. The number of nitrogens with two attached hydrogens (primary N) is 1. The molecule has 1 aliphatic rings. The van der Waals surface area contributed by atoms with E-state index in [2.05, 4.69) is 0 Å². The molecular weight excluding hydrogens is 303 g/mol. The highest BCUT2D eigenvalue weighted by Gasteiger charge is 2.41. The highest BCUT2D eigenvalue weighted by atomic mass is 35.5. The number of hydrogen-bond donors (Lipinski definition) is 2. The van der Waals surface area contributed by atoms with Gasteiger partial charge in [0.25, 0.3) is 0 Å². The number of hydrogen-bond acceptors (Lipinski definition) is 3. The first-order valence-corrected chi connectivity index (χ1v) is 6.92. The van der Waals surface area contributed by atoms with Crippen LogP contribution in [0.5, 0.6) is 0 Å². The molecule has 5 nitrogen and oxygen atoms in total. The van der Waals surface area contributed by atoms with E-state index in [1.807, 2.05) is 0 Å². The minimum Gasteiger partial charge on any atom is -0.480 e. The van der Waals surface area contributed by atoms with E-state index in [1.54, 1.807) is 19.1 Å². The molecule has 0 saturated carbocycles. The van der Waals surface area contributed by atoms with Crippen molar-refractivity contribution in [2.45, 2.75) is 31.8 Å². The smallest absolute Gasteiger partial charge is 0.327 e. The van der Waals surface area contributed by atoms with E-state index < -0.39 is 24.0 Å². The Labute approximate surface area is 126 Å². The summed E-state index contributed by atoms with van der Waals surface area (Å²) < 4.78 is 0. The summed E-state index contributed by atoms with van der Waals surface area (Å²) in [4.78, 5) is 24.9. The normalized spacial score (nSPS) is 18.8. The number of nitrogens with zero attached hydrogens (tertiary/aromatic N) is 1. The lowest BCUT2D eigenvalue weighted by Gasteiger charge is -2.25. The van der Waals surface area contributed by atoms with Gasteiger partial charge in [-0.1, -0.05) is 30.1 Å². The third-order valence-electron chi connectivity index (χ3n) is 3.42. The molecule has 0 radical (unpaired) electrons. The zero-order chi connectivity index (χ0) is 15.0. The number of carboxylic acid groups (broad SMARTS) is 1. The van der Waals surface area contributed by atoms with Gasteiger partial charge in [-0.15, -0.1) is 0 Å². The van der Waals surface area contributed by atoms with Crippen LogP contribution in [-0.4, -0.2) is 29.1 Å². The first kappa shape index (κ1) is 15.1. The van der Waals surface area contributed by atoms with Crippen molar-refractivity contribution >= 4 is 40.8 Å². The van der Waals surface area contributed by atoms with E-state index in [1.165, 1.54) is 4.90 Å². The molecule has 0 fully saturated rings. The zero-order valence-corrected chi connectivity index (χ0v) is 12.3. The summed E-state index contributed by atoms with van der Waals surface area (Å²) in [6.45, 7) is 1.77. The van der Waals surface area contributed by atoms with E-state index in [-0.39, 0.29) is 11.4 Å². The van der Waals surface area contributed by atoms with Gasteiger partial charge in [-0.05, 0) is 24.1 Å². The number of carbonyl (C=O) groups is 2. The van der Waals surface area contributed by atoms with Crippen LogP contribution in [0, 0.1) is 0 Å². The van der Waals surface area contributed by atoms with E-state index in [0.717, 1.165) is 0 Å². The van der Waals surface area contributed by atoms with Crippen molar-refractivity contribution in [3.63, 3.8) is 0 Å². The first-order valence-electron chi connectivity index (χ1n) is 6.16. The maximum atomic E-state index is 12.3. The van der Waals surface area contributed by atoms with E-state index in [9.17, 15) is 14.7 Å². The Morgan fingerprint density at radius 3 is 2.70 bits per heavy atom. The Hall–Kier alpha value is -1.30. The quantitative estimate of drug-likeness (QED) is 0.894. The average Bonchev–Trinajstić information content (AvgIpc) is 2.81. The molecule has 1 amide bonds. The van der Waals surface area contributed by atoms with Crippen LogP contribution in [0.2, 0.25) is 10.0 Å². The van der Waals surface area contributed by atoms with E-state index >= 15 is 0 Å². The van der Waals surface area contributed by atoms with Crippen LogP contribution < -0.4 is 10.6 Å². The number of amides is 1. The van der Waals surface area contributed by atoms with Gasteiger partial charge in [-0.2, -0.15) is 0 Å². The second-order valence-corrected chi connectivity index (χ2v) is 5.43. The molecule has 0 aromatic heterocycles. The number of anilines is 1. The van der Waals surface area contributed by atoms with Crippen molar-refractivity contribution in [3.05, 3.63) is 27.7 Å². The lowest BCUT2D eigenvalue weighted by Crippen LogP contribution is -2.49. The maximum absolute atomic E-state index is 12.3. The van der Waals surface area contributed by atoms with Gasteiger partial charge in [0.15, 0.2) is 0 Å². The summed E-state index contributed by atoms with van der Waals surface area (Å²) in [5.74, 6) is -1.51. The highest BCUT2D eigenvalue weighted by Crippen LogP contribution is 2.40. The average molecular weight is 317 g/mol. The molecule has 108 valence electrons. The molecular formula is C13H14Cl2N2O3. The number of carbonyl (C=O) groups excluding carboxylic acids is 1. The third kappa shape index (κ3) is 2.37. The second-order valence-electron chi connectivity index (χ2n) is 4.64. The lowest BCUT2D eigenvalue weighted by molar-refractivity contribution is -0.140. The van der Waals surface area contributed by atoms with Gasteiger partial charge in [0, 0.05) is 12.1 Å². The van der Waals surface area contributed by atoms with Gasteiger partial charge >= 0.3 is 5.97 Å². The molecule has 1 unspecified atom stereocenters. The van der Waals surface area contributed by atoms with Crippen molar-refractivity contribution < 1.29 is 14.7 Å². The molecule has 1 heterocycles. The molecule has 2 rings (SSSR count). The van der Waals surface area contributed by atoms with Crippen molar-refractivity contribution in [1.29, 1.82) is 0 Å². The van der Waals surface area contributed by atoms with Crippen LogP contribution in [0.15, 0.2) is 12.1 Å². The van der Waals surface area contributed by atoms with Crippen LogP contribution in [0.4, 0.5) is 5.69 Å². The van der Waals surface area contributed by atoms with E-state index in [4.69, 9.17) is 28.9 Å². The maximum Gasteiger partial charge on any atom is 0.327 e. The van der Waals surface area contributed by atoms with Crippen molar-refractivity contribution in [1.82, 2.24) is 0 Å².